The maximum Gasteiger partial charge on any atom is 0.146 e. The Labute approximate surface area is 95.9 Å². The fraction of sp³-hybridized carbons (Fsp3) is 0.308. The molecular weight excluding hydrogens is 198 g/mol. The van der Waals surface area contributed by atoms with Crippen LogP contribution >= 0.6 is 0 Å². The van der Waals surface area contributed by atoms with E-state index >= 15 is 0 Å². The summed E-state index contributed by atoms with van der Waals surface area (Å²) in [6.07, 6.45) is 0.928. The van der Waals surface area contributed by atoms with Crippen LogP contribution in [0.3, 0.4) is 0 Å². The topological polar surface area (TPSA) is 43.8 Å². The fourth-order valence-electron chi connectivity index (χ4n) is 1.85. The second-order valence-corrected chi connectivity index (χ2v) is 4.12. The summed E-state index contributed by atoms with van der Waals surface area (Å²) >= 11 is 0. The number of hydrogen-bond donors (Lipinski definition) is 1. The highest BCUT2D eigenvalue weighted by Gasteiger charge is 2.08. The average molecular weight is 215 g/mol. The molecule has 0 saturated heterocycles. The standard InChI is InChI=1S/C13H17N3/c1-4-11-8-13(14)15-16(11)12-7-9(2)5-6-10(12)3/h5-8H,4H2,1-3H3,(H2,14,15). The van der Waals surface area contributed by atoms with Crippen LogP contribution in [0.25, 0.3) is 5.69 Å². The van der Waals surface area contributed by atoms with Gasteiger partial charge >= 0.3 is 0 Å². The van der Waals surface area contributed by atoms with Gasteiger partial charge in [0, 0.05) is 11.8 Å². The van der Waals surface area contributed by atoms with E-state index in [1.165, 1.54) is 11.1 Å². The van der Waals surface area contributed by atoms with Gasteiger partial charge in [0.2, 0.25) is 0 Å². The van der Waals surface area contributed by atoms with Crippen LogP contribution in [-0.2, 0) is 6.42 Å². The lowest BCUT2D eigenvalue weighted by atomic mass is 10.1. The van der Waals surface area contributed by atoms with Gasteiger partial charge in [-0.25, -0.2) is 4.68 Å². The minimum absolute atomic E-state index is 0.581. The van der Waals surface area contributed by atoms with Gasteiger partial charge in [0.25, 0.3) is 0 Å². The zero-order valence-corrected chi connectivity index (χ0v) is 9.99. The van der Waals surface area contributed by atoms with Crippen molar-refractivity contribution in [3.63, 3.8) is 0 Å². The Bertz CT molecular complexity index is 512. The van der Waals surface area contributed by atoms with Gasteiger partial charge in [-0.05, 0) is 37.5 Å². The zero-order valence-electron chi connectivity index (χ0n) is 9.99. The molecule has 2 N–H and O–H groups in total. The van der Waals surface area contributed by atoms with Crippen molar-refractivity contribution in [1.29, 1.82) is 0 Å². The van der Waals surface area contributed by atoms with E-state index in [1.807, 2.05) is 10.7 Å². The normalized spacial score (nSPS) is 10.7. The van der Waals surface area contributed by atoms with E-state index in [0.717, 1.165) is 17.8 Å². The molecular formula is C13H17N3. The number of nitrogens with two attached hydrogens (primary N) is 1. The number of nitrogen functional groups attached to an aromatic ring is 1. The van der Waals surface area contributed by atoms with Crippen LogP contribution in [-0.4, -0.2) is 9.78 Å². The minimum Gasteiger partial charge on any atom is -0.382 e. The molecule has 1 aromatic carbocycles. The molecule has 0 fully saturated rings. The Morgan fingerprint density at radius 1 is 1.25 bits per heavy atom. The van der Waals surface area contributed by atoms with Crippen molar-refractivity contribution < 1.29 is 0 Å². The van der Waals surface area contributed by atoms with Gasteiger partial charge in [-0.3, -0.25) is 0 Å². The Balaban J connectivity index is 2.61. The Morgan fingerprint density at radius 3 is 2.69 bits per heavy atom. The van der Waals surface area contributed by atoms with Crippen LogP contribution in [0.1, 0.15) is 23.7 Å². The third-order valence-electron chi connectivity index (χ3n) is 2.76. The quantitative estimate of drug-likeness (QED) is 0.837. The van der Waals surface area contributed by atoms with Crippen molar-refractivity contribution in [3.8, 4) is 5.69 Å². The summed E-state index contributed by atoms with van der Waals surface area (Å²) in [5, 5.41) is 4.35. The number of benzene rings is 1. The van der Waals surface area contributed by atoms with E-state index in [1.54, 1.807) is 0 Å². The number of nitrogens with zero attached hydrogens (tertiary/aromatic N) is 2. The minimum atomic E-state index is 0.581. The van der Waals surface area contributed by atoms with Gasteiger partial charge in [-0.15, -0.1) is 0 Å². The number of hydrogen-bond acceptors (Lipinski definition) is 2. The molecule has 16 heavy (non-hydrogen) atoms. The number of rotatable bonds is 2. The number of anilines is 1. The van der Waals surface area contributed by atoms with E-state index in [2.05, 4.69) is 44.1 Å². The first-order chi connectivity index (χ1) is 7.61. The van der Waals surface area contributed by atoms with Crippen LogP contribution in [0.5, 0.6) is 0 Å². The van der Waals surface area contributed by atoms with Gasteiger partial charge in [-0.1, -0.05) is 19.1 Å². The number of aromatic nitrogens is 2. The SMILES string of the molecule is CCc1cc(N)nn1-c1cc(C)ccc1C. The lowest BCUT2D eigenvalue weighted by Crippen LogP contribution is -2.04. The third kappa shape index (κ3) is 1.81. The van der Waals surface area contributed by atoms with Crippen LogP contribution < -0.4 is 5.73 Å². The van der Waals surface area contributed by atoms with E-state index in [4.69, 9.17) is 5.73 Å². The number of aryl methyl sites for hydroxylation is 3. The van der Waals surface area contributed by atoms with Crippen molar-refractivity contribution in [1.82, 2.24) is 9.78 Å². The molecule has 2 aromatic rings. The largest absolute Gasteiger partial charge is 0.382 e. The van der Waals surface area contributed by atoms with E-state index in [9.17, 15) is 0 Å². The zero-order chi connectivity index (χ0) is 11.7. The van der Waals surface area contributed by atoms with Crippen molar-refractivity contribution >= 4 is 5.82 Å². The maximum atomic E-state index is 5.75. The van der Waals surface area contributed by atoms with Crippen molar-refractivity contribution in [3.05, 3.63) is 41.1 Å². The predicted octanol–water partition coefficient (Wildman–Crippen LogP) is 2.63. The molecule has 0 aliphatic rings. The monoisotopic (exact) mass is 215 g/mol. The van der Waals surface area contributed by atoms with Crippen molar-refractivity contribution in [2.24, 2.45) is 0 Å². The molecule has 0 amide bonds. The molecule has 0 spiro atoms. The molecule has 1 aromatic heterocycles. The highest BCUT2D eigenvalue weighted by Crippen LogP contribution is 2.19. The van der Waals surface area contributed by atoms with Gasteiger partial charge in [-0.2, -0.15) is 5.10 Å². The van der Waals surface area contributed by atoms with Gasteiger partial charge in [0.15, 0.2) is 0 Å². The molecule has 84 valence electrons. The molecule has 3 nitrogen and oxygen atoms in total. The van der Waals surface area contributed by atoms with Crippen molar-refractivity contribution in [2.75, 3.05) is 5.73 Å². The van der Waals surface area contributed by atoms with E-state index in [0.29, 0.717) is 5.82 Å². The highest BCUT2D eigenvalue weighted by atomic mass is 15.3. The second kappa shape index (κ2) is 4.00. The predicted molar refractivity (Wildman–Crippen MR) is 66.8 cm³/mol. The molecule has 0 radical (unpaired) electrons. The highest BCUT2D eigenvalue weighted by molar-refractivity contribution is 5.45. The Hall–Kier alpha value is -1.77. The summed E-state index contributed by atoms with van der Waals surface area (Å²) in [6.45, 7) is 6.28. The molecule has 2 rings (SSSR count). The molecule has 0 bridgehead atoms. The summed E-state index contributed by atoms with van der Waals surface area (Å²) in [4.78, 5) is 0. The fourth-order valence-corrected chi connectivity index (χ4v) is 1.85. The lowest BCUT2D eigenvalue weighted by Gasteiger charge is -2.09. The molecule has 0 saturated carbocycles. The first kappa shape index (κ1) is 10.7. The molecule has 1 heterocycles. The van der Waals surface area contributed by atoms with Gasteiger partial charge in [0.05, 0.1) is 5.69 Å². The molecule has 3 heteroatoms. The van der Waals surface area contributed by atoms with Crippen LogP contribution in [0, 0.1) is 13.8 Å². The van der Waals surface area contributed by atoms with Gasteiger partial charge in [0.1, 0.15) is 5.82 Å². The summed E-state index contributed by atoms with van der Waals surface area (Å²) in [6, 6.07) is 8.29. The average Bonchev–Trinajstić information content (AvgIpc) is 2.63. The van der Waals surface area contributed by atoms with Crippen molar-refractivity contribution in [2.45, 2.75) is 27.2 Å². The second-order valence-electron chi connectivity index (χ2n) is 4.12. The van der Waals surface area contributed by atoms with Gasteiger partial charge < -0.3 is 5.73 Å². The molecule has 0 unspecified atom stereocenters. The maximum absolute atomic E-state index is 5.75. The Morgan fingerprint density at radius 2 is 2.00 bits per heavy atom. The summed E-state index contributed by atoms with van der Waals surface area (Å²) in [5.41, 5.74) is 10.5. The first-order valence-corrected chi connectivity index (χ1v) is 5.54. The summed E-state index contributed by atoms with van der Waals surface area (Å²) in [5.74, 6) is 0.581. The summed E-state index contributed by atoms with van der Waals surface area (Å²) in [7, 11) is 0. The van der Waals surface area contributed by atoms with Crippen LogP contribution in [0.2, 0.25) is 0 Å². The molecule has 0 atom stereocenters. The van der Waals surface area contributed by atoms with Crippen LogP contribution in [0.15, 0.2) is 24.3 Å². The Kier molecular flexibility index (Phi) is 2.69. The first-order valence-electron chi connectivity index (χ1n) is 5.54. The molecule has 0 aliphatic heterocycles. The molecule has 0 aliphatic carbocycles. The van der Waals surface area contributed by atoms with Crippen LogP contribution in [0.4, 0.5) is 5.82 Å². The lowest BCUT2D eigenvalue weighted by molar-refractivity contribution is 0.811. The van der Waals surface area contributed by atoms with E-state index in [-0.39, 0.29) is 0 Å². The summed E-state index contributed by atoms with van der Waals surface area (Å²) < 4.78 is 1.94. The third-order valence-corrected chi connectivity index (χ3v) is 2.76. The smallest absolute Gasteiger partial charge is 0.146 e. The van der Waals surface area contributed by atoms with E-state index < -0.39 is 0 Å².